The average Bonchev–Trinajstić information content (AvgIpc) is 3.44. The first-order chi connectivity index (χ1) is 38.5. The topological polar surface area (TPSA) is 78.9 Å². The Labute approximate surface area is 480 Å². The van der Waals surface area contributed by atoms with Crippen molar-refractivity contribution in [1.29, 1.82) is 0 Å². The second kappa shape index (κ2) is 64.8. The Morgan fingerprint density at radius 1 is 0.269 bits per heavy atom. The van der Waals surface area contributed by atoms with E-state index in [2.05, 4.69) is 161 Å². The lowest BCUT2D eigenvalue weighted by molar-refractivity contribution is -0.166. The van der Waals surface area contributed by atoms with Crippen molar-refractivity contribution < 1.29 is 28.6 Å². The average molecular weight is 1080 g/mol. The van der Waals surface area contributed by atoms with Gasteiger partial charge in [-0.2, -0.15) is 0 Å². The van der Waals surface area contributed by atoms with Crippen molar-refractivity contribution in [2.45, 2.75) is 277 Å². The van der Waals surface area contributed by atoms with E-state index in [9.17, 15) is 14.4 Å². The highest BCUT2D eigenvalue weighted by molar-refractivity contribution is 5.71. The number of ether oxygens (including phenoxy) is 3. The van der Waals surface area contributed by atoms with Gasteiger partial charge in [0.2, 0.25) is 0 Å². The van der Waals surface area contributed by atoms with Crippen LogP contribution in [0.25, 0.3) is 0 Å². The molecule has 0 saturated carbocycles. The molecule has 0 aliphatic carbocycles. The molecule has 0 aliphatic rings. The van der Waals surface area contributed by atoms with Crippen molar-refractivity contribution >= 4 is 17.9 Å². The molecule has 1 atom stereocenters. The van der Waals surface area contributed by atoms with E-state index < -0.39 is 6.10 Å². The molecule has 0 amide bonds. The van der Waals surface area contributed by atoms with Gasteiger partial charge in [0.15, 0.2) is 6.10 Å². The van der Waals surface area contributed by atoms with Gasteiger partial charge in [-0.15, -0.1) is 0 Å². The smallest absolute Gasteiger partial charge is 0.306 e. The molecule has 0 saturated heterocycles. The third-order valence-electron chi connectivity index (χ3n) is 13.1. The number of hydrogen-bond acceptors (Lipinski definition) is 6. The van der Waals surface area contributed by atoms with Gasteiger partial charge in [0.1, 0.15) is 13.2 Å². The van der Waals surface area contributed by atoms with E-state index in [0.29, 0.717) is 19.3 Å². The van der Waals surface area contributed by atoms with Crippen LogP contribution in [0.3, 0.4) is 0 Å². The Morgan fingerprint density at radius 3 is 0.859 bits per heavy atom. The summed E-state index contributed by atoms with van der Waals surface area (Å²) < 4.78 is 16.8. The predicted molar refractivity (Wildman–Crippen MR) is 339 cm³/mol. The van der Waals surface area contributed by atoms with E-state index in [-0.39, 0.29) is 37.5 Å². The van der Waals surface area contributed by atoms with Gasteiger partial charge in [-0.05, 0) is 109 Å². The SMILES string of the molecule is CC/C=C\C/C=C\C/C=C\C/C=C\C/C=C\C/C=C\C/C=C\C/C=C\CCCCCCCCC(=O)OCC(COC(=O)CC/C=C\C/C=C\C/C=C\C/C=C\CC)OC(=O)CCCCCCCCCCCCCCCCCC. The van der Waals surface area contributed by atoms with E-state index in [1.165, 1.54) is 96.3 Å². The van der Waals surface area contributed by atoms with Gasteiger partial charge in [-0.1, -0.05) is 289 Å². The molecule has 0 fully saturated rings. The van der Waals surface area contributed by atoms with Crippen molar-refractivity contribution in [3.63, 3.8) is 0 Å². The fourth-order valence-electron chi connectivity index (χ4n) is 8.41. The van der Waals surface area contributed by atoms with Gasteiger partial charge in [0.25, 0.3) is 0 Å². The maximum Gasteiger partial charge on any atom is 0.306 e. The van der Waals surface area contributed by atoms with Gasteiger partial charge >= 0.3 is 17.9 Å². The summed E-state index contributed by atoms with van der Waals surface area (Å²) in [7, 11) is 0. The van der Waals surface area contributed by atoms with Crippen LogP contribution in [0.2, 0.25) is 0 Å². The summed E-state index contributed by atoms with van der Waals surface area (Å²) in [4.78, 5) is 38.2. The maximum atomic E-state index is 12.9. The fraction of sp³-hybridized carbons (Fsp3) is 0.625. The van der Waals surface area contributed by atoms with Crippen LogP contribution in [0, 0.1) is 0 Å². The number of unbranched alkanes of at least 4 members (excludes halogenated alkanes) is 21. The quantitative estimate of drug-likeness (QED) is 0.0261. The first-order valence-corrected chi connectivity index (χ1v) is 31.8. The summed E-state index contributed by atoms with van der Waals surface area (Å²) in [6.45, 7) is 6.34. The van der Waals surface area contributed by atoms with Crippen molar-refractivity contribution in [2.75, 3.05) is 13.2 Å². The van der Waals surface area contributed by atoms with Crippen LogP contribution < -0.4 is 0 Å². The van der Waals surface area contributed by atoms with Crippen LogP contribution in [-0.2, 0) is 28.6 Å². The number of hydrogen-bond donors (Lipinski definition) is 0. The number of allylic oxidation sites excluding steroid dienone is 24. The normalized spacial score (nSPS) is 13.1. The Hall–Kier alpha value is -4.71. The Balaban J connectivity index is 4.37. The molecule has 0 aliphatic heterocycles. The van der Waals surface area contributed by atoms with Crippen LogP contribution in [0.1, 0.15) is 271 Å². The molecular weight excluding hydrogens is 961 g/mol. The van der Waals surface area contributed by atoms with Gasteiger partial charge in [0.05, 0.1) is 0 Å². The molecule has 0 N–H and O–H groups in total. The summed E-state index contributed by atoms with van der Waals surface area (Å²) in [6, 6.07) is 0. The van der Waals surface area contributed by atoms with Crippen molar-refractivity contribution in [3.8, 4) is 0 Å². The molecular formula is C72H116O6. The fourth-order valence-corrected chi connectivity index (χ4v) is 8.41. The summed E-state index contributed by atoms with van der Waals surface area (Å²) in [5.41, 5.74) is 0. The van der Waals surface area contributed by atoms with Gasteiger partial charge in [-0.25, -0.2) is 0 Å². The first-order valence-electron chi connectivity index (χ1n) is 31.8. The zero-order chi connectivity index (χ0) is 56.4. The van der Waals surface area contributed by atoms with Crippen LogP contribution in [-0.4, -0.2) is 37.2 Å². The Morgan fingerprint density at radius 2 is 0.526 bits per heavy atom. The largest absolute Gasteiger partial charge is 0.462 e. The molecule has 0 rings (SSSR count). The Bertz CT molecular complexity index is 1710. The number of carbonyl (C=O) groups is 3. The van der Waals surface area contributed by atoms with Crippen molar-refractivity contribution in [2.24, 2.45) is 0 Å². The highest BCUT2D eigenvalue weighted by Crippen LogP contribution is 2.16. The van der Waals surface area contributed by atoms with E-state index in [1.807, 2.05) is 6.08 Å². The number of carbonyl (C=O) groups excluding carboxylic acids is 3. The zero-order valence-electron chi connectivity index (χ0n) is 50.4. The lowest BCUT2D eigenvalue weighted by atomic mass is 10.0. The number of rotatable bonds is 56. The Kier molecular flexibility index (Phi) is 60.9. The lowest BCUT2D eigenvalue weighted by Crippen LogP contribution is -2.30. The summed E-state index contributed by atoms with van der Waals surface area (Å²) in [5.74, 6) is -1.01. The molecule has 0 radical (unpaired) electrons. The number of esters is 3. The van der Waals surface area contributed by atoms with Crippen molar-refractivity contribution in [3.05, 3.63) is 146 Å². The molecule has 440 valence electrons. The molecule has 0 heterocycles. The molecule has 0 aromatic carbocycles. The molecule has 78 heavy (non-hydrogen) atoms. The minimum Gasteiger partial charge on any atom is -0.462 e. The van der Waals surface area contributed by atoms with E-state index in [1.54, 1.807) is 0 Å². The minimum atomic E-state index is -0.817. The van der Waals surface area contributed by atoms with Crippen molar-refractivity contribution in [1.82, 2.24) is 0 Å². The summed E-state index contributed by atoms with van der Waals surface area (Å²) >= 11 is 0. The van der Waals surface area contributed by atoms with Gasteiger partial charge in [0, 0.05) is 19.3 Å². The van der Waals surface area contributed by atoms with Gasteiger partial charge < -0.3 is 14.2 Å². The minimum absolute atomic E-state index is 0.111. The lowest BCUT2D eigenvalue weighted by Gasteiger charge is -2.18. The molecule has 0 spiro atoms. The monoisotopic (exact) mass is 1080 g/mol. The molecule has 6 heteroatoms. The van der Waals surface area contributed by atoms with Crippen LogP contribution in [0.15, 0.2) is 146 Å². The van der Waals surface area contributed by atoms with Gasteiger partial charge in [-0.3, -0.25) is 14.4 Å². The molecule has 1 unspecified atom stereocenters. The highest BCUT2D eigenvalue weighted by Gasteiger charge is 2.19. The third kappa shape index (κ3) is 62.1. The van der Waals surface area contributed by atoms with Crippen LogP contribution >= 0.6 is 0 Å². The summed E-state index contributed by atoms with van der Waals surface area (Å²) in [6.07, 6.45) is 93.0. The zero-order valence-corrected chi connectivity index (χ0v) is 50.4. The second-order valence-corrected chi connectivity index (χ2v) is 20.6. The molecule has 0 aromatic heterocycles. The predicted octanol–water partition coefficient (Wildman–Crippen LogP) is 21.9. The second-order valence-electron chi connectivity index (χ2n) is 20.6. The standard InChI is InChI=1S/C72H116O6/c1-4-7-10-13-16-19-22-25-27-29-30-31-32-33-34-35-36-37-38-39-40-41-42-43-45-47-50-53-56-59-62-65-71(74)77-68-69(67-76-70(73)64-61-58-55-52-49-46-24-21-18-15-12-9-6-3)78-72(75)66-63-60-57-54-51-48-44-28-26-23-20-17-14-11-8-5-2/h7,9-10,12,16,18-19,21,25,27,30-31,33-34,36-37,39-40,42-43,46,49,55,58,69H,4-6,8,11,13-15,17,20,22-24,26,28-29,32,35,38,41,44-45,47-48,50-54,56-57,59-68H2,1-3H3/b10-7-,12-9-,19-16-,21-18-,27-25-,31-30-,34-33-,37-36-,40-39-,43-42-,49-46-,58-55-. The molecule has 0 bridgehead atoms. The summed E-state index contributed by atoms with van der Waals surface area (Å²) in [5, 5.41) is 0. The maximum absolute atomic E-state index is 12.9. The highest BCUT2D eigenvalue weighted by atomic mass is 16.6. The van der Waals surface area contributed by atoms with Crippen LogP contribution in [0.5, 0.6) is 0 Å². The third-order valence-corrected chi connectivity index (χ3v) is 13.1. The van der Waals surface area contributed by atoms with E-state index in [0.717, 1.165) is 128 Å². The molecule has 6 nitrogen and oxygen atoms in total. The van der Waals surface area contributed by atoms with Crippen LogP contribution in [0.4, 0.5) is 0 Å². The van der Waals surface area contributed by atoms with E-state index >= 15 is 0 Å². The molecule has 0 aromatic rings. The van der Waals surface area contributed by atoms with E-state index in [4.69, 9.17) is 14.2 Å². The first kappa shape index (κ1) is 73.3.